The van der Waals surface area contributed by atoms with Crippen molar-refractivity contribution in [3.63, 3.8) is 0 Å². The number of nitrogens with zero attached hydrogens (tertiary/aromatic N) is 4. The molecule has 1 unspecified atom stereocenters. The molecule has 25 heavy (non-hydrogen) atoms. The molecule has 0 spiro atoms. The number of aromatic nitrogens is 4. The first-order valence-corrected chi connectivity index (χ1v) is 8.04. The number of hydrogen-bond acceptors (Lipinski definition) is 5. The molecule has 0 radical (unpaired) electrons. The lowest BCUT2D eigenvalue weighted by molar-refractivity contribution is -0.124. The summed E-state index contributed by atoms with van der Waals surface area (Å²) in [4.78, 5) is 12.6. The summed E-state index contributed by atoms with van der Waals surface area (Å²) in [5.41, 5.74) is 2.08. The molecule has 0 saturated heterocycles. The van der Waals surface area contributed by atoms with Gasteiger partial charge in [0, 0.05) is 13.0 Å². The summed E-state index contributed by atoms with van der Waals surface area (Å²) >= 11 is 0. The number of phenolic OH excluding ortho intramolecular Hbond substituents is 1. The Balaban J connectivity index is 1.62. The van der Waals surface area contributed by atoms with Gasteiger partial charge < -0.3 is 10.4 Å². The molecule has 3 aromatic rings. The third-order valence-corrected chi connectivity index (χ3v) is 3.91. The van der Waals surface area contributed by atoms with Gasteiger partial charge in [-0.15, -0.1) is 5.10 Å². The highest BCUT2D eigenvalue weighted by Crippen LogP contribution is 2.13. The minimum atomic E-state index is -0.503. The Morgan fingerprint density at radius 2 is 1.84 bits per heavy atom. The van der Waals surface area contributed by atoms with Crippen LogP contribution < -0.4 is 5.32 Å². The normalized spacial score (nSPS) is 11.8. The molecule has 1 amide bonds. The van der Waals surface area contributed by atoms with E-state index in [1.165, 1.54) is 11.0 Å². The number of phenols is 1. The molecule has 1 aromatic heterocycles. The third-order valence-electron chi connectivity index (χ3n) is 3.91. The maximum atomic E-state index is 12.6. The van der Waals surface area contributed by atoms with E-state index in [4.69, 9.17) is 0 Å². The summed E-state index contributed by atoms with van der Waals surface area (Å²) in [5.74, 6) is 0.101. The SMILES string of the molecule is O=C(NCCc1ccc(O)cc1)C(Cc1ccccc1)n1cnnn1. The molecule has 2 aromatic carbocycles. The Morgan fingerprint density at radius 3 is 2.52 bits per heavy atom. The molecule has 1 atom stereocenters. The number of carbonyl (C=O) groups excluding carboxylic acids is 1. The largest absolute Gasteiger partial charge is 0.508 e. The number of tetrazole rings is 1. The van der Waals surface area contributed by atoms with Crippen molar-refractivity contribution in [1.82, 2.24) is 25.5 Å². The Kier molecular flexibility index (Phi) is 5.36. The molecule has 0 aliphatic rings. The van der Waals surface area contributed by atoms with Crippen molar-refractivity contribution in [3.05, 3.63) is 72.1 Å². The summed E-state index contributed by atoms with van der Waals surface area (Å²) in [5, 5.41) is 23.4. The molecule has 0 saturated carbocycles. The lowest BCUT2D eigenvalue weighted by Crippen LogP contribution is -2.35. The Bertz CT molecular complexity index is 788. The Labute approximate surface area is 145 Å². The van der Waals surface area contributed by atoms with Crippen molar-refractivity contribution >= 4 is 5.91 Å². The van der Waals surface area contributed by atoms with Gasteiger partial charge in [-0.2, -0.15) is 0 Å². The van der Waals surface area contributed by atoms with Gasteiger partial charge in [-0.05, 0) is 40.1 Å². The molecule has 128 valence electrons. The van der Waals surface area contributed by atoms with Crippen molar-refractivity contribution < 1.29 is 9.90 Å². The summed E-state index contributed by atoms with van der Waals surface area (Å²) in [6, 6.07) is 16.2. The molecule has 0 aliphatic heterocycles. The molecule has 1 heterocycles. The van der Waals surface area contributed by atoms with Crippen LogP contribution in [0.15, 0.2) is 60.9 Å². The van der Waals surface area contributed by atoms with E-state index in [1.54, 1.807) is 12.1 Å². The van der Waals surface area contributed by atoms with Crippen molar-refractivity contribution in [2.45, 2.75) is 18.9 Å². The van der Waals surface area contributed by atoms with Crippen LogP contribution in [0.5, 0.6) is 5.75 Å². The monoisotopic (exact) mass is 337 g/mol. The van der Waals surface area contributed by atoms with Crippen molar-refractivity contribution in [2.75, 3.05) is 6.54 Å². The predicted molar refractivity (Wildman–Crippen MR) is 91.8 cm³/mol. The summed E-state index contributed by atoms with van der Waals surface area (Å²) in [7, 11) is 0. The van der Waals surface area contributed by atoms with E-state index in [2.05, 4.69) is 20.8 Å². The van der Waals surface area contributed by atoms with Crippen molar-refractivity contribution in [1.29, 1.82) is 0 Å². The number of hydrogen-bond donors (Lipinski definition) is 2. The molecule has 7 heteroatoms. The second kappa shape index (κ2) is 8.05. The Hall–Kier alpha value is -3.22. The average molecular weight is 337 g/mol. The molecule has 0 aliphatic carbocycles. The quantitative estimate of drug-likeness (QED) is 0.682. The molecular weight excluding hydrogens is 318 g/mol. The van der Waals surface area contributed by atoms with Crippen LogP contribution in [0, 0.1) is 0 Å². The van der Waals surface area contributed by atoms with Crippen molar-refractivity contribution in [2.24, 2.45) is 0 Å². The topological polar surface area (TPSA) is 92.9 Å². The average Bonchev–Trinajstić information content (AvgIpc) is 3.16. The van der Waals surface area contributed by atoms with Crippen LogP contribution in [0.1, 0.15) is 17.2 Å². The van der Waals surface area contributed by atoms with Crippen LogP contribution in [-0.2, 0) is 17.6 Å². The summed E-state index contributed by atoms with van der Waals surface area (Å²) in [6.45, 7) is 0.497. The van der Waals surface area contributed by atoms with Gasteiger partial charge in [0.25, 0.3) is 0 Å². The number of rotatable bonds is 7. The highest BCUT2D eigenvalue weighted by molar-refractivity contribution is 5.80. The fourth-order valence-electron chi connectivity index (χ4n) is 2.57. The fraction of sp³-hybridized carbons (Fsp3) is 0.222. The molecule has 3 rings (SSSR count). The number of amides is 1. The standard InChI is InChI=1S/C18H19N5O2/c24-16-8-6-14(7-9-16)10-11-19-18(25)17(23-13-20-21-22-23)12-15-4-2-1-3-5-15/h1-9,13,17,24H,10-12H2,(H,19,25). The number of carbonyl (C=O) groups is 1. The van der Waals surface area contributed by atoms with E-state index in [0.717, 1.165) is 11.1 Å². The maximum Gasteiger partial charge on any atom is 0.245 e. The minimum absolute atomic E-state index is 0.130. The van der Waals surface area contributed by atoms with E-state index in [-0.39, 0.29) is 11.7 Å². The number of aromatic hydroxyl groups is 1. The first-order valence-electron chi connectivity index (χ1n) is 8.04. The van der Waals surface area contributed by atoms with E-state index < -0.39 is 6.04 Å². The van der Waals surface area contributed by atoms with Gasteiger partial charge in [0.1, 0.15) is 18.1 Å². The highest BCUT2D eigenvalue weighted by Gasteiger charge is 2.21. The second-order valence-electron chi connectivity index (χ2n) is 5.70. The highest BCUT2D eigenvalue weighted by atomic mass is 16.3. The summed E-state index contributed by atoms with van der Waals surface area (Å²) in [6.07, 6.45) is 2.64. The minimum Gasteiger partial charge on any atom is -0.508 e. The zero-order valence-electron chi connectivity index (χ0n) is 13.6. The smallest absolute Gasteiger partial charge is 0.245 e. The first-order chi connectivity index (χ1) is 12.2. The van der Waals surface area contributed by atoms with Gasteiger partial charge >= 0.3 is 0 Å². The van der Waals surface area contributed by atoms with Crippen molar-refractivity contribution in [3.8, 4) is 5.75 Å². The van der Waals surface area contributed by atoms with E-state index in [0.29, 0.717) is 19.4 Å². The number of benzene rings is 2. The lowest BCUT2D eigenvalue weighted by atomic mass is 10.1. The molecule has 7 nitrogen and oxygen atoms in total. The lowest BCUT2D eigenvalue weighted by Gasteiger charge is -2.16. The van der Waals surface area contributed by atoms with Gasteiger partial charge in [0.15, 0.2) is 0 Å². The summed E-state index contributed by atoms with van der Waals surface area (Å²) < 4.78 is 1.48. The predicted octanol–water partition coefficient (Wildman–Crippen LogP) is 1.52. The van der Waals surface area contributed by atoms with Crippen LogP contribution in [-0.4, -0.2) is 37.8 Å². The fourth-order valence-corrected chi connectivity index (χ4v) is 2.57. The third kappa shape index (κ3) is 4.63. The van der Waals surface area contributed by atoms with Gasteiger partial charge in [-0.25, -0.2) is 4.68 Å². The van der Waals surface area contributed by atoms with Crippen LogP contribution >= 0.6 is 0 Å². The molecule has 2 N–H and O–H groups in total. The van der Waals surface area contributed by atoms with Crippen LogP contribution in [0.4, 0.5) is 0 Å². The van der Waals surface area contributed by atoms with Crippen LogP contribution in [0.2, 0.25) is 0 Å². The van der Waals surface area contributed by atoms with Gasteiger partial charge in [-0.3, -0.25) is 4.79 Å². The maximum absolute atomic E-state index is 12.6. The number of nitrogens with one attached hydrogen (secondary N) is 1. The Morgan fingerprint density at radius 1 is 1.08 bits per heavy atom. The van der Waals surface area contributed by atoms with Gasteiger partial charge in [0.2, 0.25) is 5.91 Å². The molecule has 0 fully saturated rings. The van der Waals surface area contributed by atoms with Crippen LogP contribution in [0.25, 0.3) is 0 Å². The molecular formula is C18H19N5O2. The molecule has 0 bridgehead atoms. The van der Waals surface area contributed by atoms with E-state index in [1.807, 2.05) is 42.5 Å². The second-order valence-corrected chi connectivity index (χ2v) is 5.70. The van der Waals surface area contributed by atoms with Gasteiger partial charge in [0.05, 0.1) is 0 Å². The zero-order chi connectivity index (χ0) is 17.5. The van der Waals surface area contributed by atoms with E-state index >= 15 is 0 Å². The zero-order valence-corrected chi connectivity index (χ0v) is 13.6. The van der Waals surface area contributed by atoms with Crippen LogP contribution in [0.3, 0.4) is 0 Å². The van der Waals surface area contributed by atoms with Gasteiger partial charge in [-0.1, -0.05) is 42.5 Å². The van der Waals surface area contributed by atoms with E-state index in [9.17, 15) is 9.90 Å². The first kappa shape index (κ1) is 16.6.